The molecule has 1 heterocycles. The van der Waals surface area contributed by atoms with Crippen LogP contribution in [0.3, 0.4) is 0 Å². The van der Waals surface area contributed by atoms with Crippen LogP contribution in [0.15, 0.2) is 18.2 Å². The zero-order chi connectivity index (χ0) is 10.1. The highest BCUT2D eigenvalue weighted by atomic mass is 127. The fourth-order valence-corrected chi connectivity index (χ4v) is 1.62. The molecule has 6 heteroatoms. The van der Waals surface area contributed by atoms with Gasteiger partial charge in [0.2, 0.25) is 5.95 Å². The van der Waals surface area contributed by atoms with E-state index in [4.69, 9.17) is 11.5 Å². The van der Waals surface area contributed by atoms with E-state index in [1.807, 2.05) is 18.2 Å². The first-order valence-electron chi connectivity index (χ1n) is 3.90. The summed E-state index contributed by atoms with van der Waals surface area (Å²) < 4.78 is 1.08. The Morgan fingerprint density at radius 2 is 2.07 bits per heavy atom. The normalized spacial score (nSPS) is 10.4. The maximum Gasteiger partial charge on any atom is 0.239 e. The van der Waals surface area contributed by atoms with E-state index in [9.17, 15) is 0 Å². The maximum atomic E-state index is 5.80. The van der Waals surface area contributed by atoms with E-state index >= 15 is 0 Å². The smallest absolute Gasteiger partial charge is 0.239 e. The molecule has 0 atom stereocenters. The molecule has 0 bridgehead atoms. The van der Waals surface area contributed by atoms with E-state index in [0.717, 1.165) is 9.13 Å². The molecule has 0 aliphatic rings. The number of aromatic amines is 1. The van der Waals surface area contributed by atoms with Gasteiger partial charge in [-0.3, -0.25) is 5.10 Å². The van der Waals surface area contributed by atoms with Gasteiger partial charge in [0.25, 0.3) is 0 Å². The zero-order valence-electron chi connectivity index (χ0n) is 7.16. The Hall–Kier alpha value is -1.31. The molecular weight excluding hydrogens is 293 g/mol. The zero-order valence-corrected chi connectivity index (χ0v) is 9.32. The highest BCUT2D eigenvalue weighted by molar-refractivity contribution is 14.1. The van der Waals surface area contributed by atoms with Gasteiger partial charge in [0.1, 0.15) is 0 Å². The second-order valence-corrected chi connectivity index (χ2v) is 4.02. The Morgan fingerprint density at radius 3 is 2.71 bits per heavy atom. The quantitative estimate of drug-likeness (QED) is 0.545. The van der Waals surface area contributed by atoms with Gasteiger partial charge < -0.3 is 11.5 Å². The van der Waals surface area contributed by atoms with Crippen LogP contribution in [0.2, 0.25) is 0 Å². The number of H-pyrrole nitrogens is 1. The highest BCUT2D eigenvalue weighted by Gasteiger charge is 2.07. The minimum Gasteiger partial charge on any atom is -0.398 e. The van der Waals surface area contributed by atoms with Crippen molar-refractivity contribution in [3.05, 3.63) is 21.8 Å². The number of anilines is 2. The van der Waals surface area contributed by atoms with Crippen molar-refractivity contribution < 1.29 is 0 Å². The average molecular weight is 301 g/mol. The Kier molecular flexibility index (Phi) is 2.28. The number of nitrogens with zero attached hydrogens (tertiary/aromatic N) is 2. The molecule has 14 heavy (non-hydrogen) atoms. The van der Waals surface area contributed by atoms with Crippen LogP contribution in [0.5, 0.6) is 0 Å². The molecule has 2 rings (SSSR count). The molecule has 5 N–H and O–H groups in total. The van der Waals surface area contributed by atoms with Crippen LogP contribution < -0.4 is 11.5 Å². The molecule has 1 aromatic heterocycles. The monoisotopic (exact) mass is 301 g/mol. The number of benzene rings is 1. The Balaban J connectivity index is 2.55. The topological polar surface area (TPSA) is 93.6 Å². The summed E-state index contributed by atoms with van der Waals surface area (Å²) in [5.74, 6) is 0.816. The average Bonchev–Trinajstić information content (AvgIpc) is 2.56. The van der Waals surface area contributed by atoms with E-state index in [0.29, 0.717) is 11.5 Å². The molecular formula is C8H8IN5. The molecule has 0 fully saturated rings. The lowest BCUT2D eigenvalue weighted by molar-refractivity contribution is 1.10. The van der Waals surface area contributed by atoms with Gasteiger partial charge in [-0.05, 0) is 40.8 Å². The molecule has 0 radical (unpaired) electrons. The third-order valence-corrected chi connectivity index (χ3v) is 2.44. The minimum absolute atomic E-state index is 0.221. The van der Waals surface area contributed by atoms with Gasteiger partial charge >= 0.3 is 0 Å². The number of nitrogens with two attached hydrogens (primary N) is 2. The van der Waals surface area contributed by atoms with Crippen LogP contribution in [0, 0.1) is 3.57 Å². The largest absolute Gasteiger partial charge is 0.398 e. The first-order chi connectivity index (χ1) is 6.66. The summed E-state index contributed by atoms with van der Waals surface area (Å²) in [5, 5.41) is 6.47. The van der Waals surface area contributed by atoms with Gasteiger partial charge in [0.05, 0.1) is 0 Å². The number of rotatable bonds is 1. The Labute approximate surface area is 94.0 Å². The summed E-state index contributed by atoms with van der Waals surface area (Å²) in [5.41, 5.74) is 12.7. The van der Waals surface area contributed by atoms with Crippen LogP contribution >= 0.6 is 22.6 Å². The lowest BCUT2D eigenvalue weighted by atomic mass is 10.2. The predicted molar refractivity (Wildman–Crippen MR) is 63.4 cm³/mol. The van der Waals surface area contributed by atoms with Crippen LogP contribution in [0.25, 0.3) is 11.4 Å². The van der Waals surface area contributed by atoms with Crippen molar-refractivity contribution in [2.24, 2.45) is 0 Å². The first-order valence-corrected chi connectivity index (χ1v) is 4.98. The fraction of sp³-hybridized carbons (Fsp3) is 0. The third-order valence-electron chi connectivity index (χ3n) is 1.77. The third kappa shape index (κ3) is 1.65. The lowest BCUT2D eigenvalue weighted by Crippen LogP contribution is -1.92. The maximum absolute atomic E-state index is 5.80. The molecule has 72 valence electrons. The number of nitrogen functional groups attached to an aromatic ring is 2. The Morgan fingerprint density at radius 1 is 1.29 bits per heavy atom. The lowest BCUT2D eigenvalue weighted by Gasteiger charge is -2.01. The Bertz CT molecular complexity index is 465. The van der Waals surface area contributed by atoms with Gasteiger partial charge in [-0.25, -0.2) is 0 Å². The SMILES string of the molecule is Nc1n[nH]c(-c2cc(I)ccc2N)n1. The molecule has 0 aliphatic heterocycles. The summed E-state index contributed by atoms with van der Waals surface area (Å²) >= 11 is 2.21. The minimum atomic E-state index is 0.221. The molecule has 0 saturated heterocycles. The number of halogens is 1. The molecule has 5 nitrogen and oxygen atoms in total. The van der Waals surface area contributed by atoms with Crippen LogP contribution in [0.1, 0.15) is 0 Å². The molecule has 0 unspecified atom stereocenters. The van der Waals surface area contributed by atoms with Crippen LogP contribution in [-0.2, 0) is 0 Å². The molecule has 0 spiro atoms. The number of nitrogens with one attached hydrogen (secondary N) is 1. The molecule has 2 aromatic rings. The molecule has 1 aromatic carbocycles. The van der Waals surface area contributed by atoms with Crippen LogP contribution in [0.4, 0.5) is 11.6 Å². The number of aromatic nitrogens is 3. The standard InChI is InChI=1S/C8H8IN5/c9-4-1-2-6(10)5(3-4)7-12-8(11)14-13-7/h1-3H,10H2,(H3,11,12,13,14). The molecule has 0 amide bonds. The summed E-state index contributed by atoms with van der Waals surface area (Å²) in [6.07, 6.45) is 0. The van der Waals surface area contributed by atoms with Crippen LogP contribution in [-0.4, -0.2) is 15.2 Å². The predicted octanol–water partition coefficient (Wildman–Crippen LogP) is 1.24. The summed E-state index contributed by atoms with van der Waals surface area (Å²) in [6, 6.07) is 5.69. The summed E-state index contributed by atoms with van der Waals surface area (Å²) in [4.78, 5) is 4.01. The van der Waals surface area contributed by atoms with E-state index < -0.39 is 0 Å². The van der Waals surface area contributed by atoms with E-state index in [1.54, 1.807) is 0 Å². The highest BCUT2D eigenvalue weighted by Crippen LogP contribution is 2.24. The first kappa shape index (κ1) is 9.25. The van der Waals surface area contributed by atoms with E-state index in [1.165, 1.54) is 0 Å². The van der Waals surface area contributed by atoms with Gasteiger partial charge in [-0.2, -0.15) is 4.98 Å². The number of hydrogen-bond donors (Lipinski definition) is 3. The summed E-state index contributed by atoms with van der Waals surface area (Å²) in [6.45, 7) is 0. The van der Waals surface area contributed by atoms with Crippen molar-refractivity contribution in [1.82, 2.24) is 15.2 Å². The number of hydrogen-bond acceptors (Lipinski definition) is 4. The van der Waals surface area contributed by atoms with Crippen molar-refractivity contribution in [1.29, 1.82) is 0 Å². The fourth-order valence-electron chi connectivity index (χ4n) is 1.13. The van der Waals surface area contributed by atoms with E-state index in [2.05, 4.69) is 37.8 Å². The van der Waals surface area contributed by atoms with Crippen molar-refractivity contribution in [3.8, 4) is 11.4 Å². The van der Waals surface area contributed by atoms with E-state index in [-0.39, 0.29) is 5.95 Å². The van der Waals surface area contributed by atoms with Crippen molar-refractivity contribution >= 4 is 34.2 Å². The second-order valence-electron chi connectivity index (χ2n) is 2.77. The molecule has 0 saturated carbocycles. The van der Waals surface area contributed by atoms with Gasteiger partial charge in [-0.15, -0.1) is 5.10 Å². The van der Waals surface area contributed by atoms with Crippen molar-refractivity contribution in [2.75, 3.05) is 11.5 Å². The second kappa shape index (κ2) is 3.45. The van der Waals surface area contributed by atoms with Crippen molar-refractivity contribution in [2.45, 2.75) is 0 Å². The van der Waals surface area contributed by atoms with Gasteiger partial charge in [-0.1, -0.05) is 0 Å². The summed E-state index contributed by atoms with van der Waals surface area (Å²) in [7, 11) is 0. The molecule has 0 aliphatic carbocycles. The van der Waals surface area contributed by atoms with Gasteiger partial charge in [0.15, 0.2) is 5.82 Å². The van der Waals surface area contributed by atoms with Gasteiger partial charge in [0, 0.05) is 14.8 Å². The van der Waals surface area contributed by atoms with Crippen molar-refractivity contribution in [3.63, 3.8) is 0 Å².